The van der Waals surface area contributed by atoms with Gasteiger partial charge in [-0.2, -0.15) is 0 Å². The van der Waals surface area contributed by atoms with E-state index in [0.29, 0.717) is 0 Å². The number of nitrogens with one attached hydrogen (secondary N) is 1. The minimum atomic E-state index is 0. The molecular formula is C20H29Cl2N3OS2. The van der Waals surface area contributed by atoms with Crippen molar-refractivity contribution in [3.63, 3.8) is 0 Å². The van der Waals surface area contributed by atoms with Gasteiger partial charge in [0.05, 0.1) is 10.7 Å². The van der Waals surface area contributed by atoms with Crippen LogP contribution in [0.3, 0.4) is 0 Å². The first kappa shape index (κ1) is 25.2. The molecule has 1 amide bonds. The predicted molar refractivity (Wildman–Crippen MR) is 125 cm³/mol. The number of halogens is 2. The largest absolute Gasteiger partial charge is 0.339 e. The number of likely N-dealkylation sites (tertiary alicyclic amines) is 1. The van der Waals surface area contributed by atoms with Crippen molar-refractivity contribution in [3.05, 3.63) is 45.9 Å². The molecule has 0 radical (unpaired) electrons. The summed E-state index contributed by atoms with van der Waals surface area (Å²) in [5, 5.41) is 6.44. The van der Waals surface area contributed by atoms with Gasteiger partial charge in [-0.05, 0) is 70.0 Å². The predicted octanol–water partition coefficient (Wildman–Crippen LogP) is 5.05. The van der Waals surface area contributed by atoms with Crippen LogP contribution in [0.25, 0.3) is 0 Å². The Labute approximate surface area is 188 Å². The van der Waals surface area contributed by atoms with Gasteiger partial charge in [-0.3, -0.25) is 4.79 Å². The Kier molecular flexibility index (Phi) is 11.5. The molecule has 1 aromatic carbocycles. The summed E-state index contributed by atoms with van der Waals surface area (Å²) in [6.45, 7) is 4.86. The number of carbonyl (C=O) groups is 1. The smallest absolute Gasteiger partial charge is 0.253 e. The van der Waals surface area contributed by atoms with Crippen LogP contribution in [0.5, 0.6) is 0 Å². The monoisotopic (exact) mass is 461 g/mol. The Morgan fingerprint density at radius 2 is 1.93 bits per heavy atom. The Bertz CT molecular complexity index is 716. The molecule has 28 heavy (non-hydrogen) atoms. The highest BCUT2D eigenvalue weighted by Gasteiger charge is 2.23. The van der Waals surface area contributed by atoms with Crippen LogP contribution in [0, 0.1) is 12.8 Å². The Balaban J connectivity index is 0.00000196. The number of nitrogens with zero attached hydrogens (tertiary/aromatic N) is 2. The van der Waals surface area contributed by atoms with Crippen molar-refractivity contribution in [2.75, 3.05) is 26.7 Å². The van der Waals surface area contributed by atoms with Gasteiger partial charge in [-0.1, -0.05) is 0 Å². The van der Waals surface area contributed by atoms with Crippen LogP contribution in [0.2, 0.25) is 0 Å². The van der Waals surface area contributed by atoms with Gasteiger partial charge in [0, 0.05) is 34.7 Å². The molecule has 0 atom stereocenters. The third-order valence-corrected chi connectivity index (χ3v) is 6.73. The van der Waals surface area contributed by atoms with E-state index in [-0.39, 0.29) is 30.7 Å². The average Bonchev–Trinajstić information content (AvgIpc) is 3.10. The number of thioether (sulfide) groups is 1. The molecule has 4 nitrogen and oxygen atoms in total. The van der Waals surface area contributed by atoms with E-state index in [1.807, 2.05) is 31.0 Å². The summed E-state index contributed by atoms with van der Waals surface area (Å²) < 4.78 is 0. The van der Waals surface area contributed by atoms with Gasteiger partial charge in [0.1, 0.15) is 0 Å². The minimum absolute atomic E-state index is 0. The summed E-state index contributed by atoms with van der Waals surface area (Å²) in [6, 6.07) is 8.03. The summed E-state index contributed by atoms with van der Waals surface area (Å²) in [4.78, 5) is 20.4. The molecule has 0 unspecified atom stereocenters. The Hall–Kier alpha value is -0.790. The van der Waals surface area contributed by atoms with Crippen LogP contribution < -0.4 is 5.32 Å². The van der Waals surface area contributed by atoms with Crippen LogP contribution in [0.1, 0.15) is 40.3 Å². The molecule has 0 spiro atoms. The summed E-state index contributed by atoms with van der Waals surface area (Å²) in [5.41, 5.74) is 1.92. The molecule has 1 N–H and O–H groups in total. The van der Waals surface area contributed by atoms with Crippen molar-refractivity contribution in [2.45, 2.75) is 36.8 Å². The maximum absolute atomic E-state index is 12.7. The van der Waals surface area contributed by atoms with Gasteiger partial charge in [-0.15, -0.1) is 47.9 Å². The molecule has 0 bridgehead atoms. The van der Waals surface area contributed by atoms with E-state index in [1.54, 1.807) is 23.1 Å². The van der Waals surface area contributed by atoms with E-state index in [9.17, 15) is 4.79 Å². The first-order chi connectivity index (χ1) is 12.7. The molecule has 2 heterocycles. The fourth-order valence-electron chi connectivity index (χ4n) is 3.28. The number of carbonyl (C=O) groups excluding carboxylic acids is 1. The van der Waals surface area contributed by atoms with Crippen LogP contribution in [-0.4, -0.2) is 42.5 Å². The van der Waals surface area contributed by atoms with E-state index in [4.69, 9.17) is 0 Å². The molecule has 1 saturated heterocycles. The molecule has 2 aromatic rings. The standard InChI is InChI=1S/C20H27N3OS2.2ClH/c1-15-22-18(13-25-15)14-26-19-5-3-17(4-6-19)20(24)23-11-8-16(9-12-23)7-10-21-2;;/h3-6,13,16,21H,7-12,14H2,1-2H3;2*1H. The Morgan fingerprint density at radius 1 is 1.25 bits per heavy atom. The lowest BCUT2D eigenvalue weighted by molar-refractivity contribution is 0.0687. The minimum Gasteiger partial charge on any atom is -0.339 e. The van der Waals surface area contributed by atoms with Gasteiger partial charge in [0.25, 0.3) is 5.91 Å². The van der Waals surface area contributed by atoms with E-state index in [0.717, 1.165) is 60.4 Å². The normalized spacial score (nSPS) is 14.3. The maximum atomic E-state index is 12.7. The molecule has 1 aliphatic heterocycles. The molecule has 0 saturated carbocycles. The number of amides is 1. The van der Waals surface area contributed by atoms with Crippen molar-refractivity contribution < 1.29 is 4.79 Å². The second-order valence-electron chi connectivity index (χ2n) is 6.80. The molecule has 1 fully saturated rings. The lowest BCUT2D eigenvalue weighted by Gasteiger charge is -2.32. The molecule has 3 rings (SSSR count). The summed E-state index contributed by atoms with van der Waals surface area (Å²) in [6.07, 6.45) is 3.45. The van der Waals surface area contributed by atoms with Crippen LogP contribution >= 0.6 is 47.9 Å². The fourth-order valence-corrected chi connectivity index (χ4v) is 4.79. The summed E-state index contributed by atoms with van der Waals surface area (Å²) >= 11 is 3.45. The quantitative estimate of drug-likeness (QED) is 0.585. The second kappa shape index (κ2) is 12.7. The molecule has 8 heteroatoms. The topological polar surface area (TPSA) is 45.2 Å². The highest BCUT2D eigenvalue weighted by atomic mass is 35.5. The van der Waals surface area contributed by atoms with Gasteiger partial charge in [-0.25, -0.2) is 4.98 Å². The highest BCUT2D eigenvalue weighted by molar-refractivity contribution is 7.98. The molecule has 1 aromatic heterocycles. The van der Waals surface area contributed by atoms with Crippen molar-refractivity contribution in [3.8, 4) is 0 Å². The first-order valence-electron chi connectivity index (χ1n) is 9.23. The number of piperidine rings is 1. The zero-order valence-corrected chi connectivity index (χ0v) is 19.6. The SMILES string of the molecule is CNCCC1CCN(C(=O)c2ccc(SCc3csc(C)n3)cc2)CC1.Cl.Cl. The van der Waals surface area contributed by atoms with E-state index in [2.05, 4.69) is 27.8 Å². The van der Waals surface area contributed by atoms with Gasteiger partial charge in [0.15, 0.2) is 0 Å². The number of aromatic nitrogens is 1. The van der Waals surface area contributed by atoms with Gasteiger partial charge < -0.3 is 10.2 Å². The number of benzene rings is 1. The van der Waals surface area contributed by atoms with Crippen LogP contribution in [-0.2, 0) is 5.75 Å². The van der Waals surface area contributed by atoms with Crippen molar-refractivity contribution in [1.82, 2.24) is 15.2 Å². The number of aryl methyl sites for hydroxylation is 1. The average molecular weight is 463 g/mol. The lowest BCUT2D eigenvalue weighted by atomic mass is 9.93. The van der Waals surface area contributed by atoms with Crippen LogP contribution in [0.15, 0.2) is 34.5 Å². The van der Waals surface area contributed by atoms with Crippen LogP contribution in [0.4, 0.5) is 0 Å². The zero-order chi connectivity index (χ0) is 18.4. The third kappa shape index (κ3) is 7.23. The third-order valence-electron chi connectivity index (χ3n) is 4.86. The zero-order valence-electron chi connectivity index (χ0n) is 16.3. The number of hydrogen-bond donors (Lipinski definition) is 1. The van der Waals surface area contributed by atoms with E-state index >= 15 is 0 Å². The van der Waals surface area contributed by atoms with Gasteiger partial charge in [0.2, 0.25) is 0 Å². The van der Waals surface area contributed by atoms with Crippen molar-refractivity contribution in [1.29, 1.82) is 0 Å². The molecule has 156 valence electrons. The molecular weight excluding hydrogens is 433 g/mol. The number of rotatable bonds is 7. The Morgan fingerprint density at radius 3 is 2.50 bits per heavy atom. The van der Waals surface area contributed by atoms with E-state index in [1.165, 1.54) is 11.3 Å². The lowest BCUT2D eigenvalue weighted by Crippen LogP contribution is -2.38. The van der Waals surface area contributed by atoms with Crippen molar-refractivity contribution in [2.24, 2.45) is 5.92 Å². The fraction of sp³-hybridized carbons (Fsp3) is 0.500. The number of thiazole rings is 1. The molecule has 0 aliphatic carbocycles. The molecule has 1 aliphatic rings. The first-order valence-corrected chi connectivity index (χ1v) is 11.1. The maximum Gasteiger partial charge on any atom is 0.253 e. The van der Waals surface area contributed by atoms with Crippen molar-refractivity contribution >= 4 is 53.8 Å². The second-order valence-corrected chi connectivity index (χ2v) is 8.91. The summed E-state index contributed by atoms with van der Waals surface area (Å²) in [5.74, 6) is 1.79. The number of hydrogen-bond acceptors (Lipinski definition) is 5. The highest BCUT2D eigenvalue weighted by Crippen LogP contribution is 2.25. The summed E-state index contributed by atoms with van der Waals surface area (Å²) in [7, 11) is 2.00. The van der Waals surface area contributed by atoms with Gasteiger partial charge >= 0.3 is 0 Å². The van der Waals surface area contributed by atoms with E-state index < -0.39 is 0 Å².